The third kappa shape index (κ3) is 3.08. The molecular weight excluding hydrogens is 269 g/mol. The molecule has 0 radical (unpaired) electrons. The smallest absolute Gasteiger partial charge is 0.161 e. The summed E-state index contributed by atoms with van der Waals surface area (Å²) in [6, 6.07) is 4.83. The molecule has 0 amide bonds. The molecule has 0 bridgehead atoms. The van der Waals surface area contributed by atoms with Gasteiger partial charge >= 0.3 is 0 Å². The molecule has 114 valence electrons. The molecule has 0 fully saturated rings. The molecule has 0 spiro atoms. The normalized spacial score (nSPS) is 12.4. The van der Waals surface area contributed by atoms with Crippen molar-refractivity contribution in [2.45, 2.75) is 32.9 Å². The number of halogens is 1. The quantitative estimate of drug-likeness (QED) is 0.889. The first-order chi connectivity index (χ1) is 10.1. The number of benzene rings is 1. The van der Waals surface area contributed by atoms with Crippen LogP contribution in [-0.4, -0.2) is 23.9 Å². The summed E-state index contributed by atoms with van der Waals surface area (Å²) in [4.78, 5) is 0. The van der Waals surface area contributed by atoms with Gasteiger partial charge in [0.2, 0.25) is 0 Å². The largest absolute Gasteiger partial charge is 0.493 e. The van der Waals surface area contributed by atoms with Crippen LogP contribution >= 0.6 is 0 Å². The van der Waals surface area contributed by atoms with Gasteiger partial charge in [0.1, 0.15) is 11.5 Å². The minimum atomic E-state index is -0.297. The van der Waals surface area contributed by atoms with Crippen molar-refractivity contribution in [3.63, 3.8) is 0 Å². The van der Waals surface area contributed by atoms with Crippen molar-refractivity contribution in [1.29, 1.82) is 0 Å². The van der Waals surface area contributed by atoms with Crippen LogP contribution in [0.25, 0.3) is 0 Å². The van der Waals surface area contributed by atoms with Crippen LogP contribution in [0.4, 0.5) is 4.39 Å². The van der Waals surface area contributed by atoms with Gasteiger partial charge in [0.15, 0.2) is 5.75 Å². The van der Waals surface area contributed by atoms with E-state index in [1.165, 1.54) is 6.07 Å². The third-order valence-electron chi connectivity index (χ3n) is 3.52. The lowest BCUT2D eigenvalue weighted by Crippen LogP contribution is -2.23. The minimum Gasteiger partial charge on any atom is -0.493 e. The van der Waals surface area contributed by atoms with Crippen molar-refractivity contribution in [3.05, 3.63) is 47.0 Å². The van der Waals surface area contributed by atoms with Crippen LogP contribution in [0, 0.1) is 12.7 Å². The highest BCUT2D eigenvalue weighted by Gasteiger charge is 2.24. The van der Waals surface area contributed by atoms with Gasteiger partial charge < -0.3 is 10.1 Å². The second-order valence-corrected chi connectivity index (χ2v) is 5.07. The summed E-state index contributed by atoms with van der Waals surface area (Å²) in [5.74, 6) is 0.440. The lowest BCUT2D eigenvalue weighted by Gasteiger charge is -2.20. The zero-order chi connectivity index (χ0) is 15.4. The number of aromatic nitrogens is 2. The van der Waals surface area contributed by atoms with Crippen molar-refractivity contribution in [3.8, 4) is 5.75 Å². The van der Waals surface area contributed by atoms with Crippen molar-refractivity contribution in [2.75, 3.05) is 14.2 Å². The van der Waals surface area contributed by atoms with Crippen LogP contribution < -0.4 is 10.1 Å². The Labute approximate surface area is 124 Å². The number of nitrogens with one attached hydrogen (secondary N) is 1. The van der Waals surface area contributed by atoms with Crippen LogP contribution in [0.1, 0.15) is 36.2 Å². The Morgan fingerprint density at radius 1 is 1.43 bits per heavy atom. The molecule has 1 heterocycles. The molecule has 1 aromatic carbocycles. The molecule has 0 aliphatic heterocycles. The summed E-state index contributed by atoms with van der Waals surface area (Å²) in [6.45, 7) is 4.81. The van der Waals surface area contributed by atoms with E-state index in [-0.39, 0.29) is 11.9 Å². The van der Waals surface area contributed by atoms with E-state index >= 15 is 0 Å². The fraction of sp³-hybridized carbons (Fsp3) is 0.438. The molecule has 2 aromatic rings. The molecule has 1 atom stereocenters. The predicted molar refractivity (Wildman–Crippen MR) is 81.1 cm³/mol. The monoisotopic (exact) mass is 291 g/mol. The summed E-state index contributed by atoms with van der Waals surface area (Å²) >= 11 is 0. The van der Waals surface area contributed by atoms with E-state index in [1.807, 2.05) is 24.7 Å². The Bertz CT molecular complexity index is 610. The average Bonchev–Trinajstić information content (AvgIpc) is 2.87. The number of aryl methyl sites for hydroxylation is 2. The Kier molecular flexibility index (Phi) is 4.96. The molecule has 1 N–H and O–H groups in total. The highest BCUT2D eigenvalue weighted by Crippen LogP contribution is 2.31. The van der Waals surface area contributed by atoms with E-state index < -0.39 is 0 Å². The summed E-state index contributed by atoms with van der Waals surface area (Å²) in [7, 11) is 3.42. The Morgan fingerprint density at radius 2 is 2.19 bits per heavy atom. The van der Waals surface area contributed by atoms with E-state index in [9.17, 15) is 4.39 Å². The first kappa shape index (κ1) is 15.5. The minimum absolute atomic E-state index is 0.230. The first-order valence-electron chi connectivity index (χ1n) is 7.15. The Hall–Kier alpha value is -1.88. The molecule has 0 aliphatic carbocycles. The molecule has 5 heteroatoms. The first-order valence-corrected chi connectivity index (χ1v) is 7.15. The van der Waals surface area contributed by atoms with E-state index in [1.54, 1.807) is 19.4 Å². The molecule has 0 saturated heterocycles. The number of hydrogen-bond acceptors (Lipinski definition) is 3. The number of hydrogen-bond donors (Lipinski definition) is 1. The molecule has 4 nitrogen and oxygen atoms in total. The average molecular weight is 291 g/mol. The zero-order valence-electron chi connectivity index (χ0n) is 13.0. The maximum absolute atomic E-state index is 14.2. The van der Waals surface area contributed by atoms with Gasteiger partial charge in [-0.05, 0) is 26.5 Å². The summed E-state index contributed by atoms with van der Waals surface area (Å²) in [6.07, 6.45) is 2.63. The Morgan fingerprint density at radius 3 is 2.81 bits per heavy atom. The third-order valence-corrected chi connectivity index (χ3v) is 3.52. The zero-order valence-corrected chi connectivity index (χ0v) is 13.0. The highest BCUT2D eigenvalue weighted by atomic mass is 19.1. The molecule has 1 unspecified atom stereocenters. The molecule has 0 saturated carbocycles. The van der Waals surface area contributed by atoms with Crippen molar-refractivity contribution >= 4 is 0 Å². The van der Waals surface area contributed by atoms with E-state index in [4.69, 9.17) is 4.74 Å². The SMILES string of the molecule is CCCn1ncc(OC)c1C(NC)c1cc(C)ccc1F. The van der Waals surface area contributed by atoms with Crippen LogP contribution in [0.5, 0.6) is 5.75 Å². The van der Waals surface area contributed by atoms with Gasteiger partial charge in [-0.3, -0.25) is 4.68 Å². The van der Waals surface area contributed by atoms with Crippen molar-refractivity contribution in [2.24, 2.45) is 0 Å². The maximum Gasteiger partial charge on any atom is 0.161 e. The summed E-state index contributed by atoms with van der Waals surface area (Å²) in [5.41, 5.74) is 2.48. The molecular formula is C16H22FN3O. The van der Waals surface area contributed by atoms with Crippen LogP contribution in [0.2, 0.25) is 0 Å². The fourth-order valence-electron chi connectivity index (χ4n) is 2.54. The molecule has 1 aromatic heterocycles. The topological polar surface area (TPSA) is 39.1 Å². The van der Waals surface area contributed by atoms with E-state index in [0.29, 0.717) is 11.3 Å². The van der Waals surface area contributed by atoms with Gasteiger partial charge in [-0.15, -0.1) is 0 Å². The molecule has 0 aliphatic rings. The van der Waals surface area contributed by atoms with Crippen LogP contribution in [-0.2, 0) is 6.54 Å². The van der Waals surface area contributed by atoms with Crippen LogP contribution in [0.15, 0.2) is 24.4 Å². The second-order valence-electron chi connectivity index (χ2n) is 5.07. The summed E-state index contributed by atoms with van der Waals surface area (Å²) < 4.78 is 21.5. The van der Waals surface area contributed by atoms with Crippen molar-refractivity contribution in [1.82, 2.24) is 15.1 Å². The van der Waals surface area contributed by atoms with Gasteiger partial charge in [-0.2, -0.15) is 5.10 Å². The number of nitrogens with zero attached hydrogens (tertiary/aromatic N) is 2. The fourth-order valence-corrected chi connectivity index (χ4v) is 2.54. The lowest BCUT2D eigenvalue weighted by atomic mass is 10.0. The number of rotatable bonds is 6. The van der Waals surface area contributed by atoms with Gasteiger partial charge in [-0.25, -0.2) is 4.39 Å². The van der Waals surface area contributed by atoms with Gasteiger partial charge in [0, 0.05) is 12.1 Å². The van der Waals surface area contributed by atoms with Crippen LogP contribution in [0.3, 0.4) is 0 Å². The molecule has 21 heavy (non-hydrogen) atoms. The summed E-state index contributed by atoms with van der Waals surface area (Å²) in [5, 5.41) is 7.53. The number of ether oxygens (including phenoxy) is 1. The standard InChI is InChI=1S/C16H22FN3O/c1-5-8-20-16(14(21-4)10-19-20)15(18-3)12-9-11(2)6-7-13(12)17/h6-7,9-10,15,18H,5,8H2,1-4H3. The van der Waals surface area contributed by atoms with Gasteiger partial charge in [0.05, 0.1) is 19.3 Å². The Balaban J connectivity index is 2.55. The molecule has 2 rings (SSSR count). The highest BCUT2D eigenvalue weighted by molar-refractivity contribution is 5.38. The van der Waals surface area contributed by atoms with Gasteiger partial charge in [0.25, 0.3) is 0 Å². The number of methoxy groups -OCH3 is 1. The second kappa shape index (κ2) is 6.72. The van der Waals surface area contributed by atoms with E-state index in [2.05, 4.69) is 17.3 Å². The maximum atomic E-state index is 14.2. The van der Waals surface area contributed by atoms with Crippen molar-refractivity contribution < 1.29 is 9.13 Å². The van der Waals surface area contributed by atoms with Gasteiger partial charge in [-0.1, -0.05) is 24.6 Å². The predicted octanol–water partition coefficient (Wildman–Crippen LogP) is 3.06. The van der Waals surface area contributed by atoms with E-state index in [0.717, 1.165) is 24.2 Å². The lowest BCUT2D eigenvalue weighted by molar-refractivity contribution is 0.399.